The van der Waals surface area contributed by atoms with E-state index in [1.165, 1.54) is 6.26 Å². The number of carbonyl (C=O) groups is 3. The van der Waals surface area contributed by atoms with Crippen molar-refractivity contribution < 1.29 is 48.4 Å². The molecule has 3 heterocycles. The highest BCUT2D eigenvalue weighted by molar-refractivity contribution is 5.93. The largest absolute Gasteiger partial charge is 0.499 e. The minimum absolute atomic E-state index is 0.0154. The van der Waals surface area contributed by atoms with Crippen molar-refractivity contribution in [2.45, 2.75) is 121 Å². The van der Waals surface area contributed by atoms with Crippen LogP contribution in [-0.2, 0) is 44.7 Å². The molecule has 2 unspecified atom stereocenters. The summed E-state index contributed by atoms with van der Waals surface area (Å²) in [5.74, 6) is -2.11. The summed E-state index contributed by atoms with van der Waals surface area (Å²) >= 11 is 0. The van der Waals surface area contributed by atoms with Gasteiger partial charge in [-0.15, -0.1) is 0 Å². The molecule has 1 aromatic carbocycles. The summed E-state index contributed by atoms with van der Waals surface area (Å²) in [5.41, 5.74) is 0.342. The van der Waals surface area contributed by atoms with Crippen LogP contribution in [0.1, 0.15) is 89.2 Å². The molecular formula is C36H53N3O10. The molecule has 1 aromatic rings. The maximum atomic E-state index is 14.4. The topological polar surface area (TPSA) is 165 Å². The fraction of sp³-hybridized carbons (Fsp3) is 0.694. The highest BCUT2D eigenvalue weighted by Crippen LogP contribution is 2.58. The number of aliphatic hydroxyl groups excluding tert-OH is 2. The average molecular weight is 688 g/mol. The summed E-state index contributed by atoms with van der Waals surface area (Å²) in [6.45, 7) is 4.59. The van der Waals surface area contributed by atoms with Crippen LogP contribution >= 0.6 is 0 Å². The molecule has 49 heavy (non-hydrogen) atoms. The van der Waals surface area contributed by atoms with Crippen LogP contribution in [0.3, 0.4) is 0 Å². The number of amides is 2. The van der Waals surface area contributed by atoms with Crippen molar-refractivity contribution in [3.63, 3.8) is 0 Å². The number of nitrogens with one attached hydrogen (secondary N) is 2. The number of esters is 1. The second kappa shape index (κ2) is 17.2. The molecule has 0 radical (unpaired) electrons. The molecule has 1 aliphatic carbocycles. The number of ether oxygens (including phenoxy) is 4. The highest BCUT2D eigenvalue weighted by atomic mass is 16.8. The van der Waals surface area contributed by atoms with Crippen molar-refractivity contribution in [2.24, 2.45) is 5.41 Å². The Morgan fingerprint density at radius 3 is 2.49 bits per heavy atom. The van der Waals surface area contributed by atoms with E-state index in [1.807, 2.05) is 24.3 Å². The fourth-order valence-corrected chi connectivity index (χ4v) is 7.66. The molecule has 4 fully saturated rings. The van der Waals surface area contributed by atoms with Gasteiger partial charge in [0, 0.05) is 38.8 Å². The minimum atomic E-state index is -1.34. The van der Waals surface area contributed by atoms with Crippen LogP contribution in [0.2, 0.25) is 0 Å². The Hall–Kier alpha value is -3.07. The zero-order valence-electron chi connectivity index (χ0n) is 28.8. The van der Waals surface area contributed by atoms with E-state index < -0.39 is 53.5 Å². The van der Waals surface area contributed by atoms with Crippen molar-refractivity contribution in [1.82, 2.24) is 15.7 Å². The third-order valence-corrected chi connectivity index (χ3v) is 9.92. The summed E-state index contributed by atoms with van der Waals surface area (Å²) in [4.78, 5) is 47.3. The van der Waals surface area contributed by atoms with E-state index >= 15 is 0 Å². The summed E-state index contributed by atoms with van der Waals surface area (Å²) < 4.78 is 25.1. The van der Waals surface area contributed by atoms with Gasteiger partial charge in [0.05, 0.1) is 26.0 Å². The van der Waals surface area contributed by atoms with E-state index in [2.05, 4.69) is 24.5 Å². The van der Waals surface area contributed by atoms with Gasteiger partial charge in [0.15, 0.2) is 11.8 Å². The van der Waals surface area contributed by atoms with Gasteiger partial charge in [-0.05, 0) is 30.0 Å². The highest BCUT2D eigenvalue weighted by Gasteiger charge is 2.76. The first-order valence-corrected chi connectivity index (χ1v) is 17.9. The second-order valence-corrected chi connectivity index (χ2v) is 13.4. The van der Waals surface area contributed by atoms with Crippen LogP contribution in [0.25, 0.3) is 6.08 Å². The lowest BCUT2D eigenvalue weighted by Gasteiger charge is -2.48. The number of nitrogens with zero attached hydrogens (tertiary/aromatic N) is 1. The molecule has 6 atom stereocenters. The summed E-state index contributed by atoms with van der Waals surface area (Å²) in [6, 6.07) is 6.58. The van der Waals surface area contributed by atoms with Gasteiger partial charge >= 0.3 is 5.97 Å². The van der Waals surface area contributed by atoms with Crippen LogP contribution in [0.5, 0.6) is 0 Å². The number of carbonyl (C=O) groups excluding carboxylic acids is 3. The van der Waals surface area contributed by atoms with Crippen molar-refractivity contribution in [3.8, 4) is 0 Å². The minimum Gasteiger partial charge on any atom is -0.499 e. The maximum Gasteiger partial charge on any atom is 0.327 e. The molecule has 2 bridgehead atoms. The van der Waals surface area contributed by atoms with Gasteiger partial charge in [-0.2, -0.15) is 5.06 Å². The van der Waals surface area contributed by atoms with Crippen LogP contribution < -0.4 is 10.6 Å². The number of fused-ring (bicyclic) bond motifs is 4. The Morgan fingerprint density at radius 2 is 1.78 bits per heavy atom. The smallest absolute Gasteiger partial charge is 0.327 e. The number of unbranched alkanes of at least 4 members (excludes halogenated alkanes) is 4. The molecule has 272 valence electrons. The number of hydrogen-bond acceptors (Lipinski definition) is 11. The van der Waals surface area contributed by atoms with Gasteiger partial charge in [0.1, 0.15) is 36.4 Å². The fourth-order valence-electron chi connectivity index (χ4n) is 7.66. The van der Waals surface area contributed by atoms with Crippen LogP contribution in [-0.4, -0.2) is 102 Å². The molecule has 3 saturated heterocycles. The van der Waals surface area contributed by atoms with E-state index in [1.54, 1.807) is 11.1 Å². The van der Waals surface area contributed by atoms with E-state index in [-0.39, 0.29) is 58.2 Å². The zero-order chi connectivity index (χ0) is 34.9. The van der Waals surface area contributed by atoms with Crippen LogP contribution in [0.15, 0.2) is 30.5 Å². The molecule has 2 amide bonds. The monoisotopic (exact) mass is 687 g/mol. The van der Waals surface area contributed by atoms with Gasteiger partial charge in [0.2, 0.25) is 11.8 Å². The summed E-state index contributed by atoms with van der Waals surface area (Å²) in [5, 5.41) is 25.1. The van der Waals surface area contributed by atoms with Crippen molar-refractivity contribution >= 4 is 23.9 Å². The molecule has 0 aromatic heterocycles. The van der Waals surface area contributed by atoms with Crippen molar-refractivity contribution in [2.75, 3.05) is 32.9 Å². The standard InChI is InChI=1S/C36H53N3O10/c1-3-5-7-14-35(15-8-6-4-2)47-29-27-23-36(34(44)38-16-12-28(42)37-17-18-40)31(33(43)46-27)39(49-32(36)30(29)48-35)24-26-11-9-10-25(22-26)13-20-45-21-19-41/h9-11,13,20,22,27,29-32,40-41H,3-8,12,14-19,21,23-24H2,1-2H3,(H,37,42)(H,38,44)/t27?,29-,30-,31-,32+,36?/m0/s1. The quantitative estimate of drug-likeness (QED) is 0.0905. The number of rotatable bonds is 20. The predicted molar refractivity (Wildman–Crippen MR) is 178 cm³/mol. The Balaban J connectivity index is 1.44. The first kappa shape index (κ1) is 37.2. The molecule has 1 saturated carbocycles. The third-order valence-electron chi connectivity index (χ3n) is 9.92. The lowest BCUT2D eigenvalue weighted by Crippen LogP contribution is -2.69. The Morgan fingerprint density at radius 1 is 1.02 bits per heavy atom. The van der Waals surface area contributed by atoms with E-state index in [4.69, 9.17) is 34.0 Å². The van der Waals surface area contributed by atoms with Gasteiger partial charge in [0.25, 0.3) is 0 Å². The van der Waals surface area contributed by atoms with Gasteiger partial charge in [-0.25, -0.2) is 0 Å². The molecule has 13 heteroatoms. The van der Waals surface area contributed by atoms with Crippen LogP contribution in [0, 0.1) is 5.41 Å². The first-order valence-electron chi connectivity index (χ1n) is 17.9. The molecule has 13 nitrogen and oxygen atoms in total. The number of hydrogen-bond donors (Lipinski definition) is 4. The van der Waals surface area contributed by atoms with E-state index in [0.717, 1.165) is 49.7 Å². The van der Waals surface area contributed by atoms with Gasteiger partial charge < -0.3 is 39.8 Å². The molecule has 4 aliphatic rings. The number of hydroxylamine groups is 2. The molecule has 5 rings (SSSR count). The molecule has 0 spiro atoms. The Labute approximate surface area is 288 Å². The summed E-state index contributed by atoms with van der Waals surface area (Å²) in [6.07, 6.45) is 8.15. The van der Waals surface area contributed by atoms with Gasteiger partial charge in [-0.3, -0.25) is 19.2 Å². The Kier molecular flexibility index (Phi) is 13.1. The normalized spacial score (nSPS) is 28.3. The zero-order valence-corrected chi connectivity index (χ0v) is 28.8. The molecule has 4 N–H and O–H groups in total. The van der Waals surface area contributed by atoms with Gasteiger partial charge in [-0.1, -0.05) is 63.8 Å². The van der Waals surface area contributed by atoms with Crippen molar-refractivity contribution in [1.29, 1.82) is 0 Å². The number of benzene rings is 1. The molecular weight excluding hydrogens is 634 g/mol. The first-order chi connectivity index (χ1) is 23.8. The Bertz CT molecular complexity index is 1300. The van der Waals surface area contributed by atoms with E-state index in [9.17, 15) is 14.4 Å². The average Bonchev–Trinajstić information content (AvgIpc) is 3.64. The predicted octanol–water partition coefficient (Wildman–Crippen LogP) is 2.72. The lowest BCUT2D eigenvalue weighted by atomic mass is 9.62. The second-order valence-electron chi connectivity index (χ2n) is 13.4. The SMILES string of the molecule is CCCCCC1(CCCCC)O[C@@H]2[C@H]3ON(Cc4cccc(C=COCCO)c4)[C@H]4C(=O)OC(CC34C(=O)NCCC(=O)NCCO)[C@@H]2O1. The van der Waals surface area contributed by atoms with Crippen LogP contribution in [0.4, 0.5) is 0 Å². The van der Waals surface area contributed by atoms with E-state index in [0.29, 0.717) is 12.8 Å². The number of aliphatic hydroxyl groups is 2. The summed E-state index contributed by atoms with van der Waals surface area (Å²) in [7, 11) is 0. The van der Waals surface area contributed by atoms with Crippen molar-refractivity contribution in [3.05, 3.63) is 41.7 Å². The lowest BCUT2D eigenvalue weighted by molar-refractivity contribution is -0.224. The third kappa shape index (κ3) is 8.29. The molecule has 3 aliphatic heterocycles. The maximum absolute atomic E-state index is 14.4.